The van der Waals surface area contributed by atoms with Gasteiger partial charge in [-0.1, -0.05) is 27.8 Å². The van der Waals surface area contributed by atoms with Gasteiger partial charge in [-0.15, -0.1) is 0 Å². The molecule has 0 heterocycles. The summed E-state index contributed by atoms with van der Waals surface area (Å²) in [6.45, 7) is 8.66. The van der Waals surface area contributed by atoms with Crippen molar-refractivity contribution in [1.82, 2.24) is 0 Å². The SMILES string of the molecule is CC(C)(C)C#CC1(C)CC1Br. The van der Waals surface area contributed by atoms with Crippen molar-refractivity contribution < 1.29 is 0 Å². The van der Waals surface area contributed by atoms with Crippen molar-refractivity contribution in [2.75, 3.05) is 0 Å². The lowest BCUT2D eigenvalue weighted by molar-refractivity contribution is 0.567. The zero-order valence-electron chi connectivity index (χ0n) is 7.66. The van der Waals surface area contributed by atoms with Crippen molar-refractivity contribution in [3.63, 3.8) is 0 Å². The van der Waals surface area contributed by atoms with E-state index in [4.69, 9.17) is 0 Å². The van der Waals surface area contributed by atoms with E-state index >= 15 is 0 Å². The Hall–Kier alpha value is 0.0400. The fraction of sp³-hybridized carbons (Fsp3) is 0.800. The van der Waals surface area contributed by atoms with Gasteiger partial charge in [0, 0.05) is 15.7 Å². The van der Waals surface area contributed by atoms with E-state index in [9.17, 15) is 0 Å². The maximum absolute atomic E-state index is 3.57. The maximum atomic E-state index is 3.57. The highest BCUT2D eigenvalue weighted by molar-refractivity contribution is 9.09. The molecule has 0 aromatic carbocycles. The molecule has 0 aromatic heterocycles. The molecule has 1 fully saturated rings. The summed E-state index contributed by atoms with van der Waals surface area (Å²) < 4.78 is 0. The predicted molar refractivity (Wildman–Crippen MR) is 52.7 cm³/mol. The number of hydrogen-bond acceptors (Lipinski definition) is 0. The van der Waals surface area contributed by atoms with Crippen LogP contribution in [0.2, 0.25) is 0 Å². The number of alkyl halides is 1. The molecule has 0 amide bonds. The number of halogens is 1. The Balaban J connectivity index is 2.59. The molecular weight excluding hydrogens is 200 g/mol. The molecule has 0 bridgehead atoms. The van der Waals surface area contributed by atoms with E-state index in [1.54, 1.807) is 0 Å². The standard InChI is InChI=1S/C10H15Br/c1-9(2,3)5-6-10(4)7-8(10)11/h8H,7H2,1-4H3. The Labute approximate surface area is 77.9 Å². The molecule has 1 saturated carbocycles. The molecule has 0 nitrogen and oxygen atoms in total. The zero-order chi connectivity index (χ0) is 8.70. The van der Waals surface area contributed by atoms with E-state index in [1.807, 2.05) is 0 Å². The van der Waals surface area contributed by atoms with Crippen LogP contribution in [0, 0.1) is 22.7 Å². The minimum Gasteiger partial charge on any atom is -0.0968 e. The van der Waals surface area contributed by atoms with Gasteiger partial charge in [-0.05, 0) is 34.1 Å². The van der Waals surface area contributed by atoms with Crippen molar-refractivity contribution in [2.45, 2.75) is 38.9 Å². The molecule has 1 aliphatic carbocycles. The summed E-state index contributed by atoms with van der Waals surface area (Å²) in [7, 11) is 0. The van der Waals surface area contributed by atoms with Crippen LogP contribution in [0.4, 0.5) is 0 Å². The van der Waals surface area contributed by atoms with Crippen LogP contribution in [-0.4, -0.2) is 4.83 Å². The molecule has 0 aromatic rings. The van der Waals surface area contributed by atoms with Crippen LogP contribution in [0.15, 0.2) is 0 Å². The average Bonchev–Trinajstić information content (AvgIpc) is 2.36. The second kappa shape index (κ2) is 2.52. The van der Waals surface area contributed by atoms with Gasteiger partial charge in [0.05, 0.1) is 0 Å². The van der Waals surface area contributed by atoms with Crippen molar-refractivity contribution in [3.05, 3.63) is 0 Å². The van der Waals surface area contributed by atoms with Crippen LogP contribution in [0.5, 0.6) is 0 Å². The molecule has 2 unspecified atom stereocenters. The van der Waals surface area contributed by atoms with Crippen LogP contribution in [0.1, 0.15) is 34.1 Å². The van der Waals surface area contributed by atoms with Gasteiger partial charge in [0.15, 0.2) is 0 Å². The van der Waals surface area contributed by atoms with Gasteiger partial charge < -0.3 is 0 Å². The first-order valence-corrected chi connectivity index (χ1v) is 4.93. The summed E-state index contributed by atoms with van der Waals surface area (Å²) in [6, 6.07) is 0. The first-order valence-electron chi connectivity index (χ1n) is 4.02. The Kier molecular flexibility index (Phi) is 2.09. The summed E-state index contributed by atoms with van der Waals surface area (Å²) in [5.74, 6) is 6.60. The van der Waals surface area contributed by atoms with Crippen molar-refractivity contribution in [2.24, 2.45) is 10.8 Å². The Bertz CT molecular complexity index is 213. The lowest BCUT2D eigenvalue weighted by Gasteiger charge is -2.08. The largest absolute Gasteiger partial charge is 0.0968 e. The normalized spacial score (nSPS) is 35.9. The van der Waals surface area contributed by atoms with Crippen LogP contribution in [-0.2, 0) is 0 Å². The topological polar surface area (TPSA) is 0 Å². The maximum Gasteiger partial charge on any atom is 0.0423 e. The summed E-state index contributed by atoms with van der Waals surface area (Å²) in [6.07, 6.45) is 1.20. The molecule has 62 valence electrons. The fourth-order valence-electron chi connectivity index (χ4n) is 0.773. The predicted octanol–water partition coefficient (Wildman–Crippen LogP) is 3.21. The molecule has 11 heavy (non-hydrogen) atoms. The van der Waals surface area contributed by atoms with Gasteiger partial charge in [-0.2, -0.15) is 0 Å². The lowest BCUT2D eigenvalue weighted by Crippen LogP contribution is -2.02. The van der Waals surface area contributed by atoms with E-state index in [2.05, 4.69) is 55.5 Å². The minimum atomic E-state index is 0.151. The number of rotatable bonds is 0. The van der Waals surface area contributed by atoms with Crippen LogP contribution in [0.25, 0.3) is 0 Å². The van der Waals surface area contributed by atoms with E-state index in [-0.39, 0.29) is 10.8 Å². The molecule has 2 atom stereocenters. The van der Waals surface area contributed by atoms with Gasteiger partial charge in [0.25, 0.3) is 0 Å². The molecule has 0 aliphatic heterocycles. The van der Waals surface area contributed by atoms with Crippen LogP contribution in [0.3, 0.4) is 0 Å². The second-order valence-corrected chi connectivity index (χ2v) is 5.69. The van der Waals surface area contributed by atoms with Crippen molar-refractivity contribution in [3.8, 4) is 11.8 Å². The molecule has 1 rings (SSSR count). The molecule has 1 heteroatoms. The molecular formula is C10H15Br. The highest BCUT2D eigenvalue weighted by atomic mass is 79.9. The zero-order valence-corrected chi connectivity index (χ0v) is 9.25. The third-order valence-electron chi connectivity index (χ3n) is 1.86. The summed E-state index contributed by atoms with van der Waals surface area (Å²) >= 11 is 3.57. The minimum absolute atomic E-state index is 0.151. The second-order valence-electron chi connectivity index (χ2n) is 4.59. The fourth-order valence-corrected chi connectivity index (χ4v) is 1.56. The highest BCUT2D eigenvalue weighted by Gasteiger charge is 2.47. The third kappa shape index (κ3) is 2.52. The monoisotopic (exact) mass is 214 g/mol. The van der Waals surface area contributed by atoms with Gasteiger partial charge in [0.2, 0.25) is 0 Å². The first kappa shape index (κ1) is 9.13. The molecule has 1 aliphatic rings. The summed E-state index contributed by atoms with van der Waals surface area (Å²) in [4.78, 5) is 0.629. The Morgan fingerprint density at radius 2 is 1.91 bits per heavy atom. The van der Waals surface area contributed by atoms with Crippen molar-refractivity contribution in [1.29, 1.82) is 0 Å². The summed E-state index contributed by atoms with van der Waals surface area (Å²) in [5.41, 5.74) is 0.422. The number of hydrogen-bond donors (Lipinski definition) is 0. The average molecular weight is 215 g/mol. The summed E-state index contributed by atoms with van der Waals surface area (Å²) in [5, 5.41) is 0. The van der Waals surface area contributed by atoms with Gasteiger partial charge in [0.1, 0.15) is 0 Å². The Morgan fingerprint density at radius 3 is 2.18 bits per heavy atom. The third-order valence-corrected chi connectivity index (χ3v) is 3.19. The molecule has 0 radical (unpaired) electrons. The molecule has 0 spiro atoms. The van der Waals surface area contributed by atoms with Crippen LogP contribution < -0.4 is 0 Å². The van der Waals surface area contributed by atoms with Crippen LogP contribution >= 0.6 is 15.9 Å². The molecule has 0 N–H and O–H groups in total. The lowest BCUT2D eigenvalue weighted by atomic mass is 9.96. The van der Waals surface area contributed by atoms with Crippen molar-refractivity contribution >= 4 is 15.9 Å². The van der Waals surface area contributed by atoms with Gasteiger partial charge in [-0.25, -0.2) is 0 Å². The quantitative estimate of drug-likeness (QED) is 0.430. The first-order chi connectivity index (χ1) is 4.83. The van der Waals surface area contributed by atoms with Gasteiger partial charge >= 0.3 is 0 Å². The van der Waals surface area contributed by atoms with Gasteiger partial charge in [-0.3, -0.25) is 0 Å². The molecule has 0 saturated heterocycles. The van der Waals surface area contributed by atoms with E-state index in [0.29, 0.717) is 4.83 Å². The van der Waals surface area contributed by atoms with E-state index < -0.39 is 0 Å². The smallest absolute Gasteiger partial charge is 0.0423 e. The van der Waals surface area contributed by atoms with E-state index in [0.717, 1.165) is 0 Å². The van der Waals surface area contributed by atoms with E-state index in [1.165, 1.54) is 6.42 Å². The highest BCUT2D eigenvalue weighted by Crippen LogP contribution is 2.50. The Morgan fingerprint density at radius 1 is 1.45 bits per heavy atom.